The van der Waals surface area contributed by atoms with Gasteiger partial charge in [0.25, 0.3) is 0 Å². The fraction of sp³-hybridized carbons (Fsp3) is 0.263. The van der Waals surface area contributed by atoms with Gasteiger partial charge in [-0.15, -0.1) is 0 Å². The van der Waals surface area contributed by atoms with E-state index in [0.29, 0.717) is 35.2 Å². The summed E-state index contributed by atoms with van der Waals surface area (Å²) in [6, 6.07) is 12.4. The number of benzene rings is 2. The number of halogens is 2. The minimum absolute atomic E-state index is 0.0538. The lowest BCUT2D eigenvalue weighted by molar-refractivity contribution is -0.139. The SMILES string of the molecule is O=C(O)COc1cccc(CNC(=O)CCCc2ccc(Cl)c(Cl)c2)c1. The summed E-state index contributed by atoms with van der Waals surface area (Å²) >= 11 is 11.8. The molecule has 138 valence electrons. The largest absolute Gasteiger partial charge is 0.482 e. The van der Waals surface area contributed by atoms with E-state index in [-0.39, 0.29) is 5.91 Å². The zero-order valence-corrected chi connectivity index (χ0v) is 15.5. The van der Waals surface area contributed by atoms with Crippen LogP contribution in [0.1, 0.15) is 24.0 Å². The summed E-state index contributed by atoms with van der Waals surface area (Å²) in [6.45, 7) is -0.0413. The van der Waals surface area contributed by atoms with Gasteiger partial charge in [-0.1, -0.05) is 41.4 Å². The number of amides is 1. The first-order chi connectivity index (χ1) is 12.4. The maximum absolute atomic E-state index is 12.0. The molecule has 0 radical (unpaired) electrons. The monoisotopic (exact) mass is 395 g/mol. The van der Waals surface area contributed by atoms with Crippen molar-refractivity contribution in [2.24, 2.45) is 0 Å². The molecule has 0 aliphatic rings. The van der Waals surface area contributed by atoms with E-state index in [2.05, 4.69) is 5.32 Å². The van der Waals surface area contributed by atoms with Crippen LogP contribution in [0.4, 0.5) is 0 Å². The Morgan fingerprint density at radius 3 is 2.58 bits per heavy atom. The summed E-state index contributed by atoms with van der Waals surface area (Å²) in [5, 5.41) is 12.5. The number of hydrogen-bond acceptors (Lipinski definition) is 3. The summed E-state index contributed by atoms with van der Waals surface area (Å²) < 4.78 is 5.11. The van der Waals surface area contributed by atoms with Crippen LogP contribution in [0.25, 0.3) is 0 Å². The molecule has 0 aliphatic heterocycles. The number of ether oxygens (including phenoxy) is 1. The molecule has 0 saturated heterocycles. The zero-order valence-electron chi connectivity index (χ0n) is 14.0. The van der Waals surface area contributed by atoms with E-state index in [1.807, 2.05) is 18.2 Å². The quantitative estimate of drug-likeness (QED) is 0.669. The lowest BCUT2D eigenvalue weighted by Gasteiger charge is -2.08. The molecule has 0 bridgehead atoms. The predicted molar refractivity (Wildman–Crippen MR) is 101 cm³/mol. The molecule has 0 fully saturated rings. The van der Waals surface area contributed by atoms with Gasteiger partial charge >= 0.3 is 5.97 Å². The number of carbonyl (C=O) groups is 2. The maximum Gasteiger partial charge on any atom is 0.341 e. The molecule has 0 heterocycles. The molecule has 0 saturated carbocycles. The fourth-order valence-electron chi connectivity index (χ4n) is 2.33. The van der Waals surface area contributed by atoms with Gasteiger partial charge in [-0.2, -0.15) is 0 Å². The first-order valence-corrected chi connectivity index (χ1v) is 8.84. The first kappa shape index (κ1) is 20.1. The Balaban J connectivity index is 1.73. The van der Waals surface area contributed by atoms with E-state index < -0.39 is 12.6 Å². The van der Waals surface area contributed by atoms with Gasteiger partial charge in [0, 0.05) is 13.0 Å². The van der Waals surface area contributed by atoms with Crippen molar-refractivity contribution in [3.63, 3.8) is 0 Å². The average molecular weight is 396 g/mol. The molecular formula is C19H19Cl2NO4. The number of carboxylic acids is 1. The zero-order chi connectivity index (χ0) is 18.9. The molecule has 2 aromatic rings. The van der Waals surface area contributed by atoms with Crippen molar-refractivity contribution in [3.05, 3.63) is 63.6 Å². The molecule has 2 rings (SSSR count). The third-order valence-electron chi connectivity index (χ3n) is 3.60. The molecule has 2 N–H and O–H groups in total. The van der Waals surface area contributed by atoms with Crippen LogP contribution in [-0.2, 0) is 22.6 Å². The highest BCUT2D eigenvalue weighted by atomic mass is 35.5. The Kier molecular flexibility index (Phi) is 7.75. The van der Waals surface area contributed by atoms with Crippen molar-refractivity contribution in [2.75, 3.05) is 6.61 Å². The van der Waals surface area contributed by atoms with Gasteiger partial charge in [-0.05, 0) is 48.2 Å². The number of hydrogen-bond donors (Lipinski definition) is 2. The average Bonchev–Trinajstić information content (AvgIpc) is 2.61. The second-order valence-electron chi connectivity index (χ2n) is 5.71. The fourth-order valence-corrected chi connectivity index (χ4v) is 2.65. The van der Waals surface area contributed by atoms with Crippen molar-refractivity contribution in [3.8, 4) is 5.75 Å². The van der Waals surface area contributed by atoms with E-state index in [9.17, 15) is 9.59 Å². The molecule has 0 spiro atoms. The van der Waals surface area contributed by atoms with Gasteiger partial charge in [0.15, 0.2) is 6.61 Å². The highest BCUT2D eigenvalue weighted by molar-refractivity contribution is 6.42. The van der Waals surface area contributed by atoms with Gasteiger partial charge in [0.2, 0.25) is 5.91 Å². The minimum atomic E-state index is -1.04. The lowest BCUT2D eigenvalue weighted by atomic mass is 10.1. The third-order valence-corrected chi connectivity index (χ3v) is 4.34. The third kappa shape index (κ3) is 6.94. The number of aryl methyl sites for hydroxylation is 1. The second kappa shape index (κ2) is 10.0. The van der Waals surface area contributed by atoms with Gasteiger partial charge < -0.3 is 15.2 Å². The normalized spacial score (nSPS) is 10.4. The van der Waals surface area contributed by atoms with Crippen LogP contribution in [0.5, 0.6) is 5.75 Å². The van der Waals surface area contributed by atoms with Crippen LogP contribution in [0.3, 0.4) is 0 Å². The first-order valence-electron chi connectivity index (χ1n) is 8.08. The topological polar surface area (TPSA) is 75.6 Å². The highest BCUT2D eigenvalue weighted by Gasteiger charge is 2.05. The van der Waals surface area contributed by atoms with Crippen molar-refractivity contribution in [2.45, 2.75) is 25.8 Å². The van der Waals surface area contributed by atoms with E-state index in [1.54, 1.807) is 24.3 Å². The summed E-state index contributed by atoms with van der Waals surface area (Å²) in [5.74, 6) is -0.633. The molecule has 2 aromatic carbocycles. The van der Waals surface area contributed by atoms with Gasteiger partial charge in [-0.3, -0.25) is 4.79 Å². The molecular weight excluding hydrogens is 377 g/mol. The van der Waals surface area contributed by atoms with Crippen LogP contribution in [0, 0.1) is 0 Å². The minimum Gasteiger partial charge on any atom is -0.482 e. The summed E-state index contributed by atoms with van der Waals surface area (Å²) in [7, 11) is 0. The number of carbonyl (C=O) groups excluding carboxylic acids is 1. The standard InChI is InChI=1S/C19H19Cl2NO4/c20-16-8-7-13(10-17(16)21)3-2-6-18(23)22-11-14-4-1-5-15(9-14)26-12-19(24)25/h1,4-5,7-10H,2-3,6,11-12H2,(H,22,23)(H,24,25). The molecule has 0 unspecified atom stereocenters. The Morgan fingerprint density at radius 2 is 1.85 bits per heavy atom. The van der Waals surface area contributed by atoms with E-state index in [0.717, 1.165) is 17.5 Å². The van der Waals surface area contributed by atoms with Crippen LogP contribution in [0.2, 0.25) is 10.0 Å². The predicted octanol–water partition coefficient (Wildman–Crippen LogP) is 4.10. The van der Waals surface area contributed by atoms with E-state index in [4.69, 9.17) is 33.0 Å². The van der Waals surface area contributed by atoms with Gasteiger partial charge in [0.1, 0.15) is 5.75 Å². The number of rotatable bonds is 9. The van der Waals surface area contributed by atoms with Crippen LogP contribution >= 0.6 is 23.2 Å². The highest BCUT2D eigenvalue weighted by Crippen LogP contribution is 2.23. The van der Waals surface area contributed by atoms with Gasteiger partial charge in [-0.25, -0.2) is 4.79 Å². The van der Waals surface area contributed by atoms with Crippen molar-refractivity contribution < 1.29 is 19.4 Å². The van der Waals surface area contributed by atoms with Crippen LogP contribution in [0.15, 0.2) is 42.5 Å². The van der Waals surface area contributed by atoms with Crippen LogP contribution in [-0.4, -0.2) is 23.6 Å². The Morgan fingerprint density at radius 1 is 1.04 bits per heavy atom. The second-order valence-corrected chi connectivity index (χ2v) is 6.52. The number of carboxylic acid groups (broad SMARTS) is 1. The molecule has 0 atom stereocenters. The summed E-state index contributed by atoms with van der Waals surface area (Å²) in [4.78, 5) is 22.5. The summed E-state index contributed by atoms with van der Waals surface area (Å²) in [6.07, 6.45) is 1.84. The molecule has 0 aromatic heterocycles. The smallest absolute Gasteiger partial charge is 0.341 e. The number of nitrogens with one attached hydrogen (secondary N) is 1. The summed E-state index contributed by atoms with van der Waals surface area (Å²) in [5.41, 5.74) is 1.88. The van der Waals surface area contributed by atoms with Crippen molar-refractivity contribution in [1.82, 2.24) is 5.32 Å². The Labute approximate surface area is 161 Å². The van der Waals surface area contributed by atoms with E-state index in [1.165, 1.54) is 0 Å². The molecule has 5 nitrogen and oxygen atoms in total. The van der Waals surface area contributed by atoms with Gasteiger partial charge in [0.05, 0.1) is 10.0 Å². The lowest BCUT2D eigenvalue weighted by Crippen LogP contribution is -2.22. The molecule has 0 aliphatic carbocycles. The van der Waals surface area contributed by atoms with Crippen molar-refractivity contribution >= 4 is 35.1 Å². The van der Waals surface area contributed by atoms with E-state index >= 15 is 0 Å². The maximum atomic E-state index is 12.0. The van der Waals surface area contributed by atoms with Crippen LogP contribution < -0.4 is 10.1 Å². The Hall–Kier alpha value is -2.24. The molecule has 7 heteroatoms. The molecule has 1 amide bonds. The Bertz CT molecular complexity index is 780. The number of aliphatic carboxylic acids is 1. The van der Waals surface area contributed by atoms with Crippen molar-refractivity contribution in [1.29, 1.82) is 0 Å². The molecule has 26 heavy (non-hydrogen) atoms.